The Hall–Kier alpha value is -1.87. The average Bonchev–Trinajstić information content (AvgIpc) is 2.82. The van der Waals surface area contributed by atoms with Crippen molar-refractivity contribution in [2.24, 2.45) is 0 Å². The SMILES string of the molecule is Cc1cc(C)n2c3c(nc2n1)-c1ccc(Cl)cc1C3. The van der Waals surface area contributed by atoms with Crippen LogP contribution in [0, 0.1) is 13.8 Å². The van der Waals surface area contributed by atoms with E-state index in [1.807, 2.05) is 19.1 Å². The lowest BCUT2D eigenvalue weighted by molar-refractivity contribution is 0.956. The summed E-state index contributed by atoms with van der Waals surface area (Å²) >= 11 is 6.06. The van der Waals surface area contributed by atoms with E-state index in [0.717, 1.165) is 28.6 Å². The number of aromatic nitrogens is 3. The smallest absolute Gasteiger partial charge is 0.235 e. The molecule has 19 heavy (non-hydrogen) atoms. The summed E-state index contributed by atoms with van der Waals surface area (Å²) in [4.78, 5) is 9.21. The third-order valence-electron chi connectivity index (χ3n) is 3.68. The van der Waals surface area contributed by atoms with Crippen LogP contribution in [0.15, 0.2) is 24.3 Å². The molecule has 4 rings (SSSR count). The van der Waals surface area contributed by atoms with Gasteiger partial charge in [0.2, 0.25) is 5.78 Å². The summed E-state index contributed by atoms with van der Waals surface area (Å²) in [7, 11) is 0. The first-order chi connectivity index (χ1) is 9.13. The highest BCUT2D eigenvalue weighted by Crippen LogP contribution is 2.37. The maximum absolute atomic E-state index is 6.06. The van der Waals surface area contributed by atoms with Crippen LogP contribution >= 0.6 is 11.6 Å². The van der Waals surface area contributed by atoms with Crippen LogP contribution in [-0.4, -0.2) is 14.4 Å². The first-order valence-corrected chi connectivity index (χ1v) is 6.65. The summed E-state index contributed by atoms with van der Waals surface area (Å²) in [6, 6.07) is 8.09. The molecule has 1 aliphatic carbocycles. The molecule has 3 aromatic rings. The van der Waals surface area contributed by atoms with Gasteiger partial charge in [0.05, 0.1) is 11.4 Å². The molecule has 0 atom stereocenters. The van der Waals surface area contributed by atoms with Gasteiger partial charge in [-0.1, -0.05) is 17.7 Å². The van der Waals surface area contributed by atoms with Gasteiger partial charge in [-0.2, -0.15) is 0 Å². The van der Waals surface area contributed by atoms with E-state index >= 15 is 0 Å². The van der Waals surface area contributed by atoms with Crippen LogP contribution in [-0.2, 0) is 6.42 Å². The van der Waals surface area contributed by atoms with Crippen LogP contribution in [0.2, 0.25) is 5.02 Å². The molecule has 0 N–H and O–H groups in total. The molecule has 0 unspecified atom stereocenters. The van der Waals surface area contributed by atoms with Crippen LogP contribution in [0.5, 0.6) is 0 Å². The van der Waals surface area contributed by atoms with Crippen molar-refractivity contribution in [3.8, 4) is 11.3 Å². The van der Waals surface area contributed by atoms with Crippen LogP contribution in [0.25, 0.3) is 17.0 Å². The van der Waals surface area contributed by atoms with Gasteiger partial charge >= 0.3 is 0 Å². The number of aryl methyl sites for hydroxylation is 2. The molecule has 4 heteroatoms. The number of nitrogens with zero attached hydrogens (tertiary/aromatic N) is 3. The molecular formula is C15H12ClN3. The lowest BCUT2D eigenvalue weighted by Gasteiger charge is -2.04. The largest absolute Gasteiger partial charge is 0.284 e. The average molecular weight is 270 g/mol. The van der Waals surface area contributed by atoms with Gasteiger partial charge in [0.1, 0.15) is 0 Å². The number of fused-ring (bicyclic) bond motifs is 5. The van der Waals surface area contributed by atoms with Gasteiger partial charge in [-0.3, -0.25) is 4.40 Å². The maximum atomic E-state index is 6.06. The minimum Gasteiger partial charge on any atom is -0.284 e. The lowest BCUT2D eigenvalue weighted by Crippen LogP contribution is -2.00. The number of hydrogen-bond acceptors (Lipinski definition) is 2. The molecule has 0 radical (unpaired) electrons. The minimum absolute atomic E-state index is 0.781. The third kappa shape index (κ3) is 1.45. The Labute approximate surface area is 115 Å². The fourth-order valence-corrected chi connectivity index (χ4v) is 3.14. The zero-order valence-corrected chi connectivity index (χ0v) is 11.5. The van der Waals surface area contributed by atoms with Gasteiger partial charge in [-0.25, -0.2) is 9.97 Å². The molecule has 0 fully saturated rings. The molecule has 0 aliphatic heterocycles. The first kappa shape index (κ1) is 11.0. The fourth-order valence-electron chi connectivity index (χ4n) is 2.94. The quantitative estimate of drug-likeness (QED) is 0.488. The number of benzene rings is 1. The van der Waals surface area contributed by atoms with E-state index in [2.05, 4.69) is 28.4 Å². The highest BCUT2D eigenvalue weighted by atomic mass is 35.5. The van der Waals surface area contributed by atoms with Gasteiger partial charge in [0, 0.05) is 28.4 Å². The fraction of sp³-hybridized carbons (Fsp3) is 0.200. The molecular weight excluding hydrogens is 258 g/mol. The molecule has 0 saturated carbocycles. The van der Waals surface area contributed by atoms with Crippen molar-refractivity contribution in [1.82, 2.24) is 14.4 Å². The van der Waals surface area contributed by atoms with E-state index in [0.29, 0.717) is 0 Å². The summed E-state index contributed by atoms with van der Waals surface area (Å²) < 4.78 is 2.15. The second kappa shape index (κ2) is 3.58. The van der Waals surface area contributed by atoms with Crippen LogP contribution < -0.4 is 0 Å². The molecule has 0 amide bonds. The van der Waals surface area contributed by atoms with Crippen molar-refractivity contribution >= 4 is 17.4 Å². The van der Waals surface area contributed by atoms with Crippen molar-refractivity contribution in [2.45, 2.75) is 20.3 Å². The third-order valence-corrected chi connectivity index (χ3v) is 3.92. The van der Waals surface area contributed by atoms with E-state index in [4.69, 9.17) is 16.6 Å². The summed E-state index contributed by atoms with van der Waals surface area (Å²) in [6.45, 7) is 4.10. The Morgan fingerprint density at radius 3 is 2.84 bits per heavy atom. The standard InChI is InChI=1S/C15H12ClN3/c1-8-5-9(2)19-13-7-10-6-11(16)3-4-12(10)14(13)18-15(19)17-8/h3-6H,7H2,1-2H3. The summed E-state index contributed by atoms with van der Waals surface area (Å²) in [5, 5.41) is 0.781. The van der Waals surface area contributed by atoms with E-state index in [1.54, 1.807) is 0 Å². The topological polar surface area (TPSA) is 30.2 Å². The second-order valence-electron chi connectivity index (χ2n) is 5.06. The lowest BCUT2D eigenvalue weighted by atomic mass is 10.1. The summed E-state index contributed by atoms with van der Waals surface area (Å²) in [5.41, 5.74) is 6.88. The van der Waals surface area contributed by atoms with Gasteiger partial charge in [-0.15, -0.1) is 0 Å². The number of hydrogen-bond donors (Lipinski definition) is 0. The highest BCUT2D eigenvalue weighted by molar-refractivity contribution is 6.30. The van der Waals surface area contributed by atoms with Gasteiger partial charge in [0.15, 0.2) is 0 Å². The van der Waals surface area contributed by atoms with E-state index in [-0.39, 0.29) is 0 Å². The van der Waals surface area contributed by atoms with Gasteiger partial charge in [-0.05, 0) is 37.6 Å². The van der Waals surface area contributed by atoms with Gasteiger partial charge < -0.3 is 0 Å². The molecule has 2 heterocycles. The zero-order chi connectivity index (χ0) is 13.1. The summed E-state index contributed by atoms with van der Waals surface area (Å²) in [5.74, 6) is 0.795. The molecule has 0 spiro atoms. The predicted molar refractivity (Wildman–Crippen MR) is 75.7 cm³/mol. The maximum Gasteiger partial charge on any atom is 0.235 e. The van der Waals surface area contributed by atoms with Crippen molar-refractivity contribution in [3.05, 3.63) is 51.9 Å². The van der Waals surface area contributed by atoms with Crippen molar-refractivity contribution in [3.63, 3.8) is 0 Å². The van der Waals surface area contributed by atoms with Crippen molar-refractivity contribution < 1.29 is 0 Å². The van der Waals surface area contributed by atoms with E-state index in [1.165, 1.54) is 22.5 Å². The molecule has 0 bridgehead atoms. The first-order valence-electron chi connectivity index (χ1n) is 6.28. The van der Waals surface area contributed by atoms with Crippen LogP contribution in [0.3, 0.4) is 0 Å². The highest BCUT2D eigenvalue weighted by Gasteiger charge is 2.25. The van der Waals surface area contributed by atoms with Gasteiger partial charge in [0.25, 0.3) is 0 Å². The Kier molecular flexibility index (Phi) is 2.07. The molecule has 3 nitrogen and oxygen atoms in total. The van der Waals surface area contributed by atoms with E-state index in [9.17, 15) is 0 Å². The zero-order valence-electron chi connectivity index (χ0n) is 10.7. The molecule has 94 valence electrons. The number of imidazole rings is 1. The normalized spacial score (nSPS) is 12.8. The second-order valence-corrected chi connectivity index (χ2v) is 5.50. The van der Waals surface area contributed by atoms with E-state index < -0.39 is 0 Å². The molecule has 1 aromatic carbocycles. The number of rotatable bonds is 0. The Morgan fingerprint density at radius 1 is 1.16 bits per heavy atom. The monoisotopic (exact) mass is 269 g/mol. The Balaban J connectivity index is 2.07. The molecule has 1 aliphatic rings. The molecule has 0 saturated heterocycles. The van der Waals surface area contributed by atoms with Crippen molar-refractivity contribution in [2.75, 3.05) is 0 Å². The van der Waals surface area contributed by atoms with Crippen LogP contribution in [0.4, 0.5) is 0 Å². The van der Waals surface area contributed by atoms with Crippen molar-refractivity contribution in [1.29, 1.82) is 0 Å². The Bertz CT molecular complexity index is 833. The Morgan fingerprint density at radius 2 is 2.00 bits per heavy atom. The predicted octanol–water partition coefficient (Wildman–Crippen LogP) is 3.57. The molecule has 2 aromatic heterocycles. The minimum atomic E-state index is 0.781. The van der Waals surface area contributed by atoms with Crippen LogP contribution in [0.1, 0.15) is 22.6 Å². The summed E-state index contributed by atoms with van der Waals surface area (Å²) in [6.07, 6.45) is 0.873. The number of halogens is 1.